The lowest BCUT2D eigenvalue weighted by molar-refractivity contribution is -0.246. The minimum Gasteiger partial charge on any atom is -0.481 e. The lowest BCUT2D eigenvalue weighted by Crippen LogP contribution is -2.69. The Morgan fingerprint density at radius 3 is 2.21 bits per heavy atom. The van der Waals surface area contributed by atoms with Crippen LogP contribution in [0.15, 0.2) is 12.2 Å². The Balaban J connectivity index is 1.23. The molecule has 0 bridgehead atoms. The third kappa shape index (κ3) is 6.77. The van der Waals surface area contributed by atoms with E-state index in [1.807, 2.05) is 0 Å². The van der Waals surface area contributed by atoms with Gasteiger partial charge in [0.25, 0.3) is 0 Å². The van der Waals surface area contributed by atoms with Crippen LogP contribution in [0.2, 0.25) is 0 Å². The van der Waals surface area contributed by atoms with Gasteiger partial charge in [0.2, 0.25) is 0 Å². The van der Waals surface area contributed by atoms with Gasteiger partial charge < -0.3 is 20.9 Å². The molecule has 302 valence electrons. The average Bonchev–Trinajstić information content (AvgIpc) is 3.43. The molecule has 0 radical (unpaired) electrons. The Hall–Kier alpha value is -1.49. The van der Waals surface area contributed by atoms with Crippen molar-refractivity contribution in [1.29, 1.82) is 0 Å². The SMILES string of the molecule is C=C(C)[C@@H]1CC[C@]2(NCC(C(C)N)N3CCS(=O)(=O)CC3)CC[C@]3(C)[C@H](CC[C@@H]4[C@@]5(C)CC[C@H](OC(=O)CC(C)(C)C(=O)O)C(C)(C)[C@@H]5CC[C@]43C)[C@@H]12. The minimum atomic E-state index is -2.96. The van der Waals surface area contributed by atoms with E-state index in [9.17, 15) is 23.1 Å². The van der Waals surface area contributed by atoms with Gasteiger partial charge >= 0.3 is 11.9 Å². The van der Waals surface area contributed by atoms with Crippen molar-refractivity contribution in [2.45, 2.75) is 157 Å². The van der Waals surface area contributed by atoms with Gasteiger partial charge in [0.05, 0.1) is 23.3 Å². The number of esters is 1. The Kier molecular flexibility index (Phi) is 10.8. The molecule has 10 heteroatoms. The summed E-state index contributed by atoms with van der Waals surface area (Å²) in [5, 5.41) is 13.9. The Morgan fingerprint density at radius 1 is 0.943 bits per heavy atom. The zero-order valence-corrected chi connectivity index (χ0v) is 35.4. The van der Waals surface area contributed by atoms with E-state index in [-0.39, 0.29) is 63.3 Å². The highest BCUT2D eigenvalue weighted by Crippen LogP contribution is 2.76. The van der Waals surface area contributed by atoms with Gasteiger partial charge in [0.15, 0.2) is 9.84 Å². The van der Waals surface area contributed by atoms with Gasteiger partial charge in [0, 0.05) is 42.7 Å². The molecule has 1 heterocycles. The van der Waals surface area contributed by atoms with Crippen molar-refractivity contribution in [2.75, 3.05) is 31.1 Å². The number of rotatable bonds is 10. The molecular weight excluding hydrogens is 687 g/mol. The summed E-state index contributed by atoms with van der Waals surface area (Å²) < 4.78 is 30.7. The number of carbonyl (C=O) groups excluding carboxylic acids is 1. The molecule has 0 spiro atoms. The number of fused-ring (bicyclic) bond motifs is 7. The van der Waals surface area contributed by atoms with Gasteiger partial charge in [-0.05, 0) is 138 Å². The molecule has 5 saturated carbocycles. The molecule has 0 aromatic heterocycles. The Labute approximate surface area is 321 Å². The number of carboxylic acid groups (broad SMARTS) is 1. The van der Waals surface area contributed by atoms with Gasteiger partial charge in [-0.15, -0.1) is 0 Å². The smallest absolute Gasteiger partial charge is 0.309 e. The van der Waals surface area contributed by atoms with Gasteiger partial charge in [-0.25, -0.2) is 8.42 Å². The third-order valence-corrected chi connectivity index (χ3v) is 19.2. The molecule has 0 amide bonds. The zero-order valence-electron chi connectivity index (χ0n) is 34.6. The van der Waals surface area contributed by atoms with Crippen LogP contribution in [0.3, 0.4) is 0 Å². The first-order valence-electron chi connectivity index (χ1n) is 21.0. The molecule has 1 aliphatic heterocycles. The number of hydrogen-bond donors (Lipinski definition) is 3. The normalized spacial score (nSPS) is 43.3. The maximum Gasteiger partial charge on any atom is 0.309 e. The van der Waals surface area contributed by atoms with E-state index in [2.05, 4.69) is 65.3 Å². The highest BCUT2D eigenvalue weighted by Gasteiger charge is 2.71. The number of carboxylic acids is 1. The van der Waals surface area contributed by atoms with Crippen molar-refractivity contribution in [3.8, 4) is 0 Å². The van der Waals surface area contributed by atoms with Crippen LogP contribution in [0.5, 0.6) is 0 Å². The van der Waals surface area contributed by atoms with Crippen LogP contribution >= 0.6 is 0 Å². The van der Waals surface area contributed by atoms with Gasteiger partial charge in [-0.1, -0.05) is 46.8 Å². The molecular formula is C43H73N3O6S. The minimum absolute atomic E-state index is 0.0340. The van der Waals surface area contributed by atoms with E-state index in [0.717, 1.165) is 38.6 Å². The van der Waals surface area contributed by atoms with Crippen LogP contribution in [0.4, 0.5) is 0 Å². The number of aliphatic carboxylic acids is 1. The molecule has 0 aromatic rings. The van der Waals surface area contributed by atoms with E-state index in [4.69, 9.17) is 10.5 Å². The molecule has 5 aliphatic carbocycles. The second-order valence-electron chi connectivity index (χ2n) is 21.0. The van der Waals surface area contributed by atoms with Gasteiger partial charge in [-0.2, -0.15) is 0 Å². The third-order valence-electron chi connectivity index (χ3n) is 17.6. The van der Waals surface area contributed by atoms with Crippen molar-refractivity contribution in [3.63, 3.8) is 0 Å². The molecule has 2 unspecified atom stereocenters. The van der Waals surface area contributed by atoms with E-state index in [1.54, 1.807) is 13.8 Å². The number of nitrogens with two attached hydrogens (primary N) is 1. The maximum absolute atomic E-state index is 13.1. The predicted molar refractivity (Wildman–Crippen MR) is 211 cm³/mol. The van der Waals surface area contributed by atoms with Gasteiger partial charge in [0.1, 0.15) is 6.10 Å². The lowest BCUT2D eigenvalue weighted by atomic mass is 9.32. The van der Waals surface area contributed by atoms with Crippen LogP contribution in [-0.2, 0) is 24.2 Å². The largest absolute Gasteiger partial charge is 0.481 e. The Bertz CT molecular complexity index is 1550. The molecule has 53 heavy (non-hydrogen) atoms. The number of nitrogens with zero attached hydrogens (tertiary/aromatic N) is 1. The van der Waals surface area contributed by atoms with Crippen molar-refractivity contribution in [2.24, 2.45) is 62.4 Å². The molecule has 4 N–H and O–H groups in total. The van der Waals surface area contributed by atoms with Crippen LogP contribution in [0, 0.1) is 56.7 Å². The monoisotopic (exact) mass is 760 g/mol. The number of carbonyl (C=O) groups is 2. The van der Waals surface area contributed by atoms with E-state index in [1.165, 1.54) is 37.7 Å². The summed E-state index contributed by atoms with van der Waals surface area (Å²) in [4.78, 5) is 27.2. The highest BCUT2D eigenvalue weighted by atomic mass is 32.2. The van der Waals surface area contributed by atoms with E-state index < -0.39 is 27.2 Å². The average molecular weight is 760 g/mol. The maximum atomic E-state index is 13.1. The summed E-state index contributed by atoms with van der Waals surface area (Å²) >= 11 is 0. The zero-order chi connectivity index (χ0) is 39.2. The lowest BCUT2D eigenvalue weighted by Gasteiger charge is -2.73. The summed E-state index contributed by atoms with van der Waals surface area (Å²) in [7, 11) is -2.96. The second kappa shape index (κ2) is 13.9. The second-order valence-corrected chi connectivity index (χ2v) is 23.3. The van der Waals surface area contributed by atoms with E-state index >= 15 is 0 Å². The highest BCUT2D eigenvalue weighted by molar-refractivity contribution is 7.91. The molecule has 9 nitrogen and oxygen atoms in total. The molecule has 1 saturated heterocycles. The topological polar surface area (TPSA) is 139 Å². The van der Waals surface area contributed by atoms with Crippen LogP contribution in [-0.4, -0.2) is 85.2 Å². The molecule has 0 aromatic carbocycles. The first kappa shape index (κ1) is 41.2. The van der Waals surface area contributed by atoms with Crippen molar-refractivity contribution < 1.29 is 27.9 Å². The molecule has 6 fully saturated rings. The number of nitrogens with one attached hydrogen (secondary N) is 1. The molecule has 6 rings (SSSR count). The van der Waals surface area contributed by atoms with Crippen LogP contribution < -0.4 is 11.1 Å². The van der Waals surface area contributed by atoms with Crippen molar-refractivity contribution in [3.05, 3.63) is 12.2 Å². The predicted octanol–water partition coefficient (Wildman–Crippen LogP) is 6.84. The number of ether oxygens (including phenoxy) is 1. The number of allylic oxidation sites excluding steroid dienone is 1. The first-order valence-corrected chi connectivity index (χ1v) is 22.8. The molecule has 6 aliphatic rings. The number of sulfone groups is 1. The standard InChI is InChI=1S/C43H73N3O6S/c1-27(2)29-13-18-43(45-26-31(28(3)44)46-21-23-53(50,51)24-22-46)20-19-41(9)30(36(29)43)11-12-33-40(8)16-15-34(52-35(47)25-38(4,5)37(48)49)39(6,7)32(40)14-17-42(33,41)10/h28-34,36,45H,1,11-26,44H2,2-10H3,(H,48,49)/t28?,29-,30+,31?,32-,33+,34-,36+,40-,41+,42+,43-/m0/s1. The first-order chi connectivity index (χ1) is 24.4. The summed E-state index contributed by atoms with van der Waals surface area (Å²) in [5.41, 5.74) is 7.15. The van der Waals surface area contributed by atoms with Crippen LogP contribution in [0.1, 0.15) is 133 Å². The summed E-state index contributed by atoms with van der Waals surface area (Å²) in [6, 6.07) is 0.0395. The fraction of sp³-hybridized carbons (Fsp3) is 0.907. The summed E-state index contributed by atoms with van der Waals surface area (Å²) in [5.74, 6) is 1.66. The summed E-state index contributed by atoms with van der Waals surface area (Å²) in [6.45, 7) is 26.5. The quantitative estimate of drug-likeness (QED) is 0.161. The van der Waals surface area contributed by atoms with E-state index in [0.29, 0.717) is 42.7 Å². The Morgan fingerprint density at radius 2 is 1.60 bits per heavy atom. The fourth-order valence-corrected chi connectivity index (χ4v) is 15.5. The van der Waals surface area contributed by atoms with Gasteiger partial charge in [-0.3, -0.25) is 14.5 Å². The van der Waals surface area contributed by atoms with Crippen molar-refractivity contribution >= 4 is 21.8 Å². The fourth-order valence-electron chi connectivity index (χ4n) is 14.3. The van der Waals surface area contributed by atoms with Crippen LogP contribution in [0.25, 0.3) is 0 Å². The molecule has 12 atom stereocenters. The number of hydrogen-bond acceptors (Lipinski definition) is 8. The summed E-state index contributed by atoms with van der Waals surface area (Å²) in [6.07, 6.45) is 10.9. The van der Waals surface area contributed by atoms with Crippen molar-refractivity contribution in [1.82, 2.24) is 10.2 Å².